The summed E-state index contributed by atoms with van der Waals surface area (Å²) < 4.78 is 4.79. The number of carbonyl (C=O) groups is 3. The normalized spacial score (nSPS) is 13.5. The first kappa shape index (κ1) is 15.7. The van der Waals surface area contributed by atoms with E-state index in [4.69, 9.17) is 4.74 Å². The Balaban J connectivity index is 2.26. The van der Waals surface area contributed by atoms with Gasteiger partial charge >= 0.3 is 5.97 Å². The van der Waals surface area contributed by atoms with Crippen molar-refractivity contribution in [2.45, 2.75) is 13.8 Å². The van der Waals surface area contributed by atoms with Crippen LogP contribution in [0.3, 0.4) is 0 Å². The van der Waals surface area contributed by atoms with Gasteiger partial charge in [0.05, 0.1) is 18.2 Å². The number of benzene rings is 1. The lowest BCUT2D eigenvalue weighted by atomic mass is 9.84. The van der Waals surface area contributed by atoms with Crippen molar-refractivity contribution < 1.29 is 24.2 Å². The monoisotopic (exact) mass is 325 g/mol. The van der Waals surface area contributed by atoms with Crippen LogP contribution < -0.4 is 0 Å². The molecular formula is C18H15NO5. The topological polar surface area (TPSA) is 96.5 Å². The molecule has 2 aromatic rings. The molecule has 6 heteroatoms. The molecule has 0 atom stereocenters. The van der Waals surface area contributed by atoms with Crippen molar-refractivity contribution in [3.8, 4) is 5.75 Å². The summed E-state index contributed by atoms with van der Waals surface area (Å²) in [6, 6.07) is 4.34. The third-order valence-electron chi connectivity index (χ3n) is 4.09. The molecule has 1 heterocycles. The lowest BCUT2D eigenvalue weighted by Gasteiger charge is -2.17. The number of ketones is 2. The lowest BCUT2D eigenvalue weighted by Crippen LogP contribution is -2.18. The summed E-state index contributed by atoms with van der Waals surface area (Å²) in [5.74, 6) is -1.77. The molecule has 1 aromatic heterocycles. The smallest absolute Gasteiger partial charge is 0.340 e. The number of fused-ring (bicyclic) bond motifs is 1. The quantitative estimate of drug-likeness (QED) is 0.827. The van der Waals surface area contributed by atoms with Crippen LogP contribution in [-0.2, 0) is 4.74 Å². The molecular weight excluding hydrogens is 310 g/mol. The average Bonchev–Trinajstić information content (AvgIpc) is 2.84. The Kier molecular flexibility index (Phi) is 3.60. The SMILES string of the molecule is COC(=O)c1c(C)[nH]c(C)c1C1=CC(=O)c2cccc(O)c2C1=O. The molecule has 3 rings (SSSR count). The van der Waals surface area contributed by atoms with Gasteiger partial charge in [0, 0.05) is 28.1 Å². The first-order valence-corrected chi connectivity index (χ1v) is 7.27. The molecule has 1 aromatic carbocycles. The highest BCUT2D eigenvalue weighted by molar-refractivity contribution is 6.40. The van der Waals surface area contributed by atoms with Crippen LogP contribution in [0.1, 0.15) is 48.0 Å². The van der Waals surface area contributed by atoms with E-state index in [0.29, 0.717) is 17.0 Å². The molecule has 0 spiro atoms. The summed E-state index contributed by atoms with van der Waals surface area (Å²) in [5, 5.41) is 10.0. The number of phenols is 1. The zero-order valence-corrected chi connectivity index (χ0v) is 13.4. The first-order chi connectivity index (χ1) is 11.4. The van der Waals surface area contributed by atoms with Crippen molar-refractivity contribution in [3.63, 3.8) is 0 Å². The van der Waals surface area contributed by atoms with E-state index in [2.05, 4.69) is 4.98 Å². The summed E-state index contributed by atoms with van der Waals surface area (Å²) in [4.78, 5) is 40.3. The standard InChI is InChI=1S/C18H15NO5/c1-8-14(15(9(2)19-8)18(23)24-3)11-7-13(21)10-5-4-6-12(20)16(10)17(11)22/h4-7,19-20H,1-3H3. The van der Waals surface area contributed by atoms with Gasteiger partial charge in [0.25, 0.3) is 0 Å². The van der Waals surface area contributed by atoms with Crippen LogP contribution in [0.2, 0.25) is 0 Å². The van der Waals surface area contributed by atoms with Crippen LogP contribution in [0, 0.1) is 13.8 Å². The van der Waals surface area contributed by atoms with E-state index in [9.17, 15) is 19.5 Å². The van der Waals surface area contributed by atoms with E-state index < -0.39 is 17.5 Å². The van der Waals surface area contributed by atoms with E-state index in [0.717, 1.165) is 0 Å². The molecule has 0 fully saturated rings. The second-order valence-electron chi connectivity index (χ2n) is 5.57. The van der Waals surface area contributed by atoms with E-state index in [-0.39, 0.29) is 28.0 Å². The number of phenolic OH excluding ortho intramolecular Hbond substituents is 1. The molecule has 1 aliphatic rings. The lowest BCUT2D eigenvalue weighted by molar-refractivity contribution is 0.0599. The minimum atomic E-state index is -0.601. The largest absolute Gasteiger partial charge is 0.507 e. The molecule has 0 unspecified atom stereocenters. The zero-order valence-electron chi connectivity index (χ0n) is 13.4. The fraction of sp³-hybridized carbons (Fsp3) is 0.167. The number of aromatic amines is 1. The number of hydrogen-bond acceptors (Lipinski definition) is 5. The maximum Gasteiger partial charge on any atom is 0.340 e. The number of rotatable bonds is 2. The third-order valence-corrected chi connectivity index (χ3v) is 4.09. The van der Waals surface area contributed by atoms with E-state index in [1.807, 2.05) is 0 Å². The number of aryl methyl sites for hydroxylation is 2. The molecule has 1 aliphatic carbocycles. The number of aromatic nitrogens is 1. The Morgan fingerprint density at radius 3 is 2.50 bits per heavy atom. The highest BCUT2D eigenvalue weighted by atomic mass is 16.5. The molecule has 0 saturated carbocycles. The molecule has 2 N–H and O–H groups in total. The van der Waals surface area contributed by atoms with Crippen LogP contribution in [0.25, 0.3) is 5.57 Å². The average molecular weight is 325 g/mol. The van der Waals surface area contributed by atoms with Gasteiger partial charge in [-0.15, -0.1) is 0 Å². The van der Waals surface area contributed by atoms with Crippen molar-refractivity contribution in [1.82, 2.24) is 4.98 Å². The predicted octanol–water partition coefficient (Wildman–Crippen LogP) is 2.59. The van der Waals surface area contributed by atoms with Crippen molar-refractivity contribution >= 4 is 23.1 Å². The third kappa shape index (κ3) is 2.15. The zero-order chi connectivity index (χ0) is 17.6. The Hall–Kier alpha value is -3.15. The number of nitrogens with one attached hydrogen (secondary N) is 1. The van der Waals surface area contributed by atoms with Crippen LogP contribution in [0.5, 0.6) is 5.75 Å². The second-order valence-corrected chi connectivity index (χ2v) is 5.57. The van der Waals surface area contributed by atoms with Gasteiger partial charge in [0.1, 0.15) is 5.75 Å². The van der Waals surface area contributed by atoms with Gasteiger partial charge in [0.2, 0.25) is 0 Å². The molecule has 6 nitrogen and oxygen atoms in total. The number of carbonyl (C=O) groups excluding carboxylic acids is 3. The summed E-state index contributed by atoms with van der Waals surface area (Å²) in [6.07, 6.45) is 1.20. The fourth-order valence-electron chi connectivity index (χ4n) is 3.05. The van der Waals surface area contributed by atoms with Crippen LogP contribution in [0.4, 0.5) is 0 Å². The minimum Gasteiger partial charge on any atom is -0.507 e. The summed E-state index contributed by atoms with van der Waals surface area (Å²) in [6.45, 7) is 3.39. The van der Waals surface area contributed by atoms with Crippen LogP contribution in [-0.4, -0.2) is 34.7 Å². The molecule has 0 aliphatic heterocycles. The highest BCUT2D eigenvalue weighted by Crippen LogP contribution is 2.36. The maximum atomic E-state index is 12.9. The minimum absolute atomic E-state index is 0.0472. The van der Waals surface area contributed by atoms with E-state index in [1.165, 1.54) is 31.4 Å². The number of ether oxygens (including phenoxy) is 1. The van der Waals surface area contributed by atoms with Crippen molar-refractivity contribution in [2.24, 2.45) is 0 Å². The summed E-state index contributed by atoms with van der Waals surface area (Å²) in [7, 11) is 1.25. The molecule has 0 saturated heterocycles. The predicted molar refractivity (Wildman–Crippen MR) is 86.4 cm³/mol. The number of H-pyrrole nitrogens is 1. The van der Waals surface area contributed by atoms with Gasteiger partial charge in [-0.2, -0.15) is 0 Å². The van der Waals surface area contributed by atoms with E-state index >= 15 is 0 Å². The fourth-order valence-corrected chi connectivity index (χ4v) is 3.05. The van der Waals surface area contributed by atoms with Gasteiger partial charge in [-0.05, 0) is 26.0 Å². The second kappa shape index (κ2) is 5.49. The number of aromatic hydroxyl groups is 1. The first-order valence-electron chi connectivity index (χ1n) is 7.27. The van der Waals surface area contributed by atoms with Crippen molar-refractivity contribution in [2.75, 3.05) is 7.11 Å². The number of hydrogen-bond donors (Lipinski definition) is 2. The Morgan fingerprint density at radius 2 is 1.83 bits per heavy atom. The van der Waals surface area contributed by atoms with Gasteiger partial charge in [-0.1, -0.05) is 12.1 Å². The Labute approximate surface area is 137 Å². The van der Waals surface area contributed by atoms with Gasteiger partial charge in [0.15, 0.2) is 11.6 Å². The number of Topliss-reactive ketones (excluding diaryl/α,β-unsaturated/α-hetero) is 1. The maximum absolute atomic E-state index is 12.9. The molecule has 122 valence electrons. The number of methoxy groups -OCH3 is 1. The van der Waals surface area contributed by atoms with Crippen LogP contribution in [0.15, 0.2) is 24.3 Å². The molecule has 0 radical (unpaired) electrons. The van der Waals surface area contributed by atoms with Gasteiger partial charge in [-0.3, -0.25) is 9.59 Å². The molecule has 0 bridgehead atoms. The van der Waals surface area contributed by atoms with Crippen molar-refractivity contribution in [1.29, 1.82) is 0 Å². The molecule has 0 amide bonds. The van der Waals surface area contributed by atoms with Crippen LogP contribution >= 0.6 is 0 Å². The molecule has 24 heavy (non-hydrogen) atoms. The Bertz CT molecular complexity index is 933. The van der Waals surface area contributed by atoms with Crippen molar-refractivity contribution in [3.05, 3.63) is 57.9 Å². The van der Waals surface area contributed by atoms with E-state index in [1.54, 1.807) is 13.8 Å². The number of allylic oxidation sites excluding steroid dienone is 2. The Morgan fingerprint density at radius 1 is 1.12 bits per heavy atom. The van der Waals surface area contributed by atoms with Gasteiger partial charge < -0.3 is 14.8 Å². The highest BCUT2D eigenvalue weighted by Gasteiger charge is 2.33. The summed E-state index contributed by atoms with van der Waals surface area (Å²) in [5.41, 5.74) is 1.81. The van der Waals surface area contributed by atoms with Gasteiger partial charge in [-0.25, -0.2) is 4.79 Å². The summed E-state index contributed by atoms with van der Waals surface area (Å²) >= 11 is 0. The number of esters is 1.